The highest BCUT2D eigenvalue weighted by molar-refractivity contribution is 5.70. The van der Waals surface area contributed by atoms with Crippen LogP contribution in [0, 0.1) is 46.8 Å². The first-order valence-electron chi connectivity index (χ1n) is 23.9. The Hall–Kier alpha value is -1.63. The van der Waals surface area contributed by atoms with Gasteiger partial charge >= 0.3 is 17.9 Å². The average molecular weight is 772 g/mol. The van der Waals surface area contributed by atoms with Gasteiger partial charge in [-0.25, -0.2) is 0 Å². The zero-order valence-corrected chi connectivity index (χ0v) is 36.4. The highest BCUT2D eigenvalue weighted by Gasteiger charge is 2.88. The topological polar surface area (TPSA) is 82.1 Å². The molecule has 7 nitrogen and oxygen atoms in total. The van der Waals surface area contributed by atoms with Crippen LogP contribution < -0.4 is 0 Å². The molecule has 0 radical (unpaired) electrons. The minimum Gasteiger partial charge on any atom is -0.466 e. The fourth-order valence-corrected chi connectivity index (χ4v) is 11.7. The zero-order valence-electron chi connectivity index (χ0n) is 36.4. The van der Waals surface area contributed by atoms with E-state index in [1.54, 1.807) is 0 Å². The van der Waals surface area contributed by atoms with E-state index in [9.17, 15) is 14.4 Å². The lowest BCUT2D eigenvalue weighted by Gasteiger charge is -2.92. The predicted molar refractivity (Wildman–Crippen MR) is 224 cm³/mol. The second-order valence-electron chi connectivity index (χ2n) is 19.0. The van der Waals surface area contributed by atoms with Gasteiger partial charge in [0.2, 0.25) is 0 Å². The predicted octanol–water partition coefficient (Wildman–Crippen LogP) is 11.9. The van der Waals surface area contributed by atoms with Crippen molar-refractivity contribution in [3.8, 4) is 0 Å². The summed E-state index contributed by atoms with van der Waals surface area (Å²) in [7, 11) is 4.07. The van der Waals surface area contributed by atoms with Gasteiger partial charge in [0.05, 0.1) is 13.2 Å². The SMILES string of the molecule is CCCCCCC(CCCCCC)CCOC(=O)CCCCCCCC(CCCCCCCC(=O)OCC12CC3C4C(C)C1C4C32)OC(=O)CCCN(C)C. The third-order valence-corrected chi connectivity index (χ3v) is 14.7. The number of carbonyl (C=O) groups excluding carboxylic acids is 3. The van der Waals surface area contributed by atoms with Crippen molar-refractivity contribution < 1.29 is 28.6 Å². The molecule has 0 aromatic heterocycles. The van der Waals surface area contributed by atoms with Crippen molar-refractivity contribution in [3.05, 3.63) is 0 Å². The number of carbonyl (C=O) groups is 3. The molecule has 8 atom stereocenters. The van der Waals surface area contributed by atoms with Crippen LogP contribution in [0.5, 0.6) is 0 Å². The maximum atomic E-state index is 12.6. The molecule has 0 heterocycles. The molecule has 55 heavy (non-hydrogen) atoms. The van der Waals surface area contributed by atoms with Crippen LogP contribution in [0.3, 0.4) is 0 Å². The van der Waals surface area contributed by atoms with Crippen molar-refractivity contribution >= 4 is 17.9 Å². The van der Waals surface area contributed by atoms with Crippen LogP contribution in [-0.2, 0) is 28.6 Å². The number of fused-ring (bicyclic) bond motifs is 2. The summed E-state index contributed by atoms with van der Waals surface area (Å²) < 4.78 is 17.5. The van der Waals surface area contributed by atoms with Gasteiger partial charge in [0.1, 0.15) is 6.10 Å². The first-order valence-corrected chi connectivity index (χ1v) is 23.9. The van der Waals surface area contributed by atoms with Crippen molar-refractivity contribution in [2.75, 3.05) is 33.9 Å². The second-order valence-corrected chi connectivity index (χ2v) is 19.0. The van der Waals surface area contributed by atoms with Crippen molar-refractivity contribution in [3.63, 3.8) is 0 Å². The minimum atomic E-state index is -0.0681. The molecule has 0 aromatic carbocycles. The lowest BCUT2D eigenvalue weighted by Crippen LogP contribution is -2.89. The molecule has 8 unspecified atom stereocenters. The van der Waals surface area contributed by atoms with Crippen LogP contribution >= 0.6 is 0 Å². The summed E-state index contributed by atoms with van der Waals surface area (Å²) in [5.41, 5.74) is 0.380. The standard InChI is InChI=1S/C48H85NO6/c1-6-8-10-18-25-38(26-19-11-9-7-2)32-34-53-41(50)29-22-16-12-14-20-27-39(55-43(52)31-24-33-49(4)5)28-21-15-13-17-23-30-42(51)54-36-48-35-40-44-37(3)46(48)45(44)47(40)48/h37-40,44-47H,6-36H2,1-5H3. The molecule has 0 aliphatic heterocycles. The Labute approximate surface area is 337 Å². The minimum absolute atomic E-state index is 0.00518. The third-order valence-electron chi connectivity index (χ3n) is 14.7. The van der Waals surface area contributed by atoms with Gasteiger partial charge in [0.15, 0.2) is 0 Å². The maximum absolute atomic E-state index is 12.6. The van der Waals surface area contributed by atoms with Crippen LogP contribution in [0.4, 0.5) is 0 Å². The number of nitrogens with zero attached hydrogens (tertiary/aromatic N) is 1. The Morgan fingerprint density at radius 3 is 1.67 bits per heavy atom. The monoisotopic (exact) mass is 772 g/mol. The highest BCUT2D eigenvalue weighted by atomic mass is 16.5. The summed E-state index contributed by atoms with van der Waals surface area (Å²) in [4.78, 5) is 39.7. The number of unbranched alkanes of at least 4 members (excludes halogenated alkanes) is 14. The van der Waals surface area contributed by atoms with Gasteiger partial charge in [-0.05, 0) is 120 Å². The molecule has 4 rings (SSSR count). The summed E-state index contributed by atoms with van der Waals surface area (Å²) in [5.74, 6) is 6.20. The van der Waals surface area contributed by atoms with Crippen LogP contribution in [0.15, 0.2) is 0 Å². The fourth-order valence-electron chi connectivity index (χ4n) is 11.7. The van der Waals surface area contributed by atoms with E-state index < -0.39 is 0 Å². The van der Waals surface area contributed by atoms with E-state index >= 15 is 0 Å². The Kier molecular flexibility index (Phi) is 20.9. The molecule has 0 amide bonds. The van der Waals surface area contributed by atoms with Gasteiger partial charge in [0, 0.05) is 24.7 Å². The molecule has 0 aromatic rings. The summed E-state index contributed by atoms with van der Waals surface area (Å²) in [6, 6.07) is 0. The van der Waals surface area contributed by atoms with Crippen LogP contribution in [-0.4, -0.2) is 62.8 Å². The van der Waals surface area contributed by atoms with Gasteiger partial charge in [0.25, 0.3) is 0 Å². The molecule has 4 aliphatic rings. The van der Waals surface area contributed by atoms with E-state index in [1.807, 2.05) is 14.1 Å². The first kappa shape index (κ1) is 46.1. The number of ether oxygens (including phenoxy) is 3. The second kappa shape index (κ2) is 25.0. The van der Waals surface area contributed by atoms with E-state index in [-0.39, 0.29) is 24.0 Å². The molecule has 0 N–H and O–H groups in total. The van der Waals surface area contributed by atoms with E-state index in [1.165, 1.54) is 70.6 Å². The lowest BCUT2D eigenvalue weighted by molar-refractivity contribution is -0.461. The lowest BCUT2D eigenvalue weighted by atomic mass is 9.12. The van der Waals surface area contributed by atoms with Gasteiger partial charge in [-0.2, -0.15) is 0 Å². The molecule has 4 fully saturated rings. The molecule has 4 aliphatic carbocycles. The molecule has 4 saturated carbocycles. The number of rotatable bonds is 36. The Morgan fingerprint density at radius 2 is 1.13 bits per heavy atom. The van der Waals surface area contributed by atoms with Crippen LogP contribution in [0.1, 0.15) is 201 Å². The molecule has 0 saturated heterocycles. The van der Waals surface area contributed by atoms with Crippen molar-refractivity contribution in [1.29, 1.82) is 0 Å². The maximum Gasteiger partial charge on any atom is 0.306 e. The quantitative estimate of drug-likeness (QED) is 0.0356. The average Bonchev–Trinajstić information content (AvgIpc) is 3.15. The fraction of sp³-hybridized carbons (Fsp3) is 0.938. The Bertz CT molecular complexity index is 1090. The smallest absolute Gasteiger partial charge is 0.306 e. The van der Waals surface area contributed by atoms with Gasteiger partial charge in [-0.1, -0.05) is 124 Å². The van der Waals surface area contributed by atoms with E-state index in [2.05, 4.69) is 25.7 Å². The highest BCUT2D eigenvalue weighted by Crippen LogP contribution is 2.91. The molecule has 7 heteroatoms. The molecule has 0 bridgehead atoms. The van der Waals surface area contributed by atoms with Crippen molar-refractivity contribution in [1.82, 2.24) is 4.90 Å². The van der Waals surface area contributed by atoms with Gasteiger partial charge in [-0.3, -0.25) is 14.4 Å². The van der Waals surface area contributed by atoms with Crippen LogP contribution in [0.25, 0.3) is 0 Å². The van der Waals surface area contributed by atoms with Crippen LogP contribution in [0.2, 0.25) is 0 Å². The number of esters is 3. The van der Waals surface area contributed by atoms with E-state index in [4.69, 9.17) is 14.2 Å². The number of hydrogen-bond donors (Lipinski definition) is 0. The Balaban J connectivity index is 1.00. The molecule has 0 spiro atoms. The van der Waals surface area contributed by atoms with Crippen molar-refractivity contribution in [2.45, 2.75) is 207 Å². The number of hydrogen-bond acceptors (Lipinski definition) is 7. The summed E-state index contributed by atoms with van der Waals surface area (Å²) in [6.07, 6.45) is 29.9. The van der Waals surface area contributed by atoms with E-state index in [0.717, 1.165) is 132 Å². The molecular weight excluding hydrogens is 687 g/mol. The van der Waals surface area contributed by atoms with E-state index in [0.29, 0.717) is 43.8 Å². The summed E-state index contributed by atoms with van der Waals surface area (Å²) >= 11 is 0. The normalized spacial score (nSPS) is 26.0. The van der Waals surface area contributed by atoms with Gasteiger partial charge < -0.3 is 19.1 Å². The largest absolute Gasteiger partial charge is 0.466 e. The summed E-state index contributed by atoms with van der Waals surface area (Å²) in [6.45, 7) is 9.12. The zero-order chi connectivity index (χ0) is 39.5. The summed E-state index contributed by atoms with van der Waals surface area (Å²) in [5, 5.41) is 0. The first-order chi connectivity index (χ1) is 26.7. The van der Waals surface area contributed by atoms with Crippen molar-refractivity contribution in [2.24, 2.45) is 46.8 Å². The molecule has 318 valence electrons. The molecular formula is C48H85NO6. The third kappa shape index (κ3) is 14.0. The Morgan fingerprint density at radius 1 is 0.600 bits per heavy atom. The van der Waals surface area contributed by atoms with Gasteiger partial charge in [-0.15, -0.1) is 0 Å².